The van der Waals surface area contributed by atoms with Crippen molar-refractivity contribution in [1.82, 2.24) is 4.98 Å². The van der Waals surface area contributed by atoms with Gasteiger partial charge in [0.05, 0.1) is 6.61 Å². The second kappa shape index (κ2) is 6.48. The summed E-state index contributed by atoms with van der Waals surface area (Å²) in [6.45, 7) is 8.69. The molecule has 0 aliphatic heterocycles. The molecule has 0 atom stereocenters. The third-order valence-corrected chi connectivity index (χ3v) is 3.26. The Balaban J connectivity index is 2.41. The van der Waals surface area contributed by atoms with Crippen LogP contribution in [0.2, 0.25) is 0 Å². The number of hydrogen-bond donors (Lipinski definition) is 1. The largest absolute Gasteiger partial charge is 0.488 e. The molecule has 112 valence electrons. The van der Waals surface area contributed by atoms with E-state index < -0.39 is 0 Å². The highest BCUT2D eigenvalue weighted by Crippen LogP contribution is 2.36. The molecule has 4 nitrogen and oxygen atoms in total. The quantitative estimate of drug-likeness (QED) is 0.833. The Hall–Kier alpha value is -2.23. The van der Waals surface area contributed by atoms with Gasteiger partial charge in [0, 0.05) is 11.9 Å². The van der Waals surface area contributed by atoms with Gasteiger partial charge in [-0.15, -0.1) is 0 Å². The zero-order valence-electron chi connectivity index (χ0n) is 13.0. The Morgan fingerprint density at radius 1 is 1.24 bits per heavy atom. The monoisotopic (exact) mass is 286 g/mol. The Kier molecular flexibility index (Phi) is 4.68. The first-order chi connectivity index (χ1) is 10.0. The minimum Gasteiger partial charge on any atom is -0.488 e. The van der Waals surface area contributed by atoms with E-state index >= 15 is 0 Å². The molecule has 0 spiro atoms. The third kappa shape index (κ3) is 3.45. The average molecular weight is 286 g/mol. The van der Waals surface area contributed by atoms with Crippen molar-refractivity contribution in [2.24, 2.45) is 0 Å². The molecule has 0 saturated carbocycles. The molecule has 0 fully saturated rings. The van der Waals surface area contributed by atoms with Gasteiger partial charge in [0.1, 0.15) is 5.75 Å². The van der Waals surface area contributed by atoms with E-state index in [-0.39, 0.29) is 0 Å². The summed E-state index contributed by atoms with van der Waals surface area (Å²) in [6.07, 6.45) is 1.69. The van der Waals surface area contributed by atoms with Gasteiger partial charge < -0.3 is 15.2 Å². The fraction of sp³-hybridized carbons (Fsp3) is 0.353. The second-order valence-electron chi connectivity index (χ2n) is 5.24. The number of hydrogen-bond acceptors (Lipinski definition) is 4. The SMILES string of the molecule is CCOc1cccnc1Oc1cc(C)c(N)cc1C(C)C. The Labute approximate surface area is 125 Å². The minimum atomic E-state index is 0.308. The zero-order chi connectivity index (χ0) is 15.4. The van der Waals surface area contributed by atoms with Crippen LogP contribution in [0.1, 0.15) is 37.8 Å². The summed E-state index contributed by atoms with van der Waals surface area (Å²) in [5, 5.41) is 0. The third-order valence-electron chi connectivity index (χ3n) is 3.26. The number of aromatic nitrogens is 1. The van der Waals surface area contributed by atoms with E-state index in [0.717, 1.165) is 22.6 Å². The Bertz CT molecular complexity index is 624. The van der Waals surface area contributed by atoms with Crippen molar-refractivity contribution in [2.75, 3.05) is 12.3 Å². The van der Waals surface area contributed by atoms with Crippen LogP contribution in [0, 0.1) is 6.92 Å². The molecular formula is C17H22N2O2. The van der Waals surface area contributed by atoms with Crippen LogP contribution in [0.4, 0.5) is 5.69 Å². The Morgan fingerprint density at radius 3 is 2.67 bits per heavy atom. The van der Waals surface area contributed by atoms with Crippen molar-refractivity contribution in [1.29, 1.82) is 0 Å². The van der Waals surface area contributed by atoms with Crippen LogP contribution in [-0.2, 0) is 0 Å². The lowest BCUT2D eigenvalue weighted by Crippen LogP contribution is -2.01. The highest BCUT2D eigenvalue weighted by Gasteiger charge is 2.14. The van der Waals surface area contributed by atoms with Gasteiger partial charge in [0.2, 0.25) is 0 Å². The molecule has 0 saturated heterocycles. The number of nitrogens with two attached hydrogens (primary N) is 1. The van der Waals surface area contributed by atoms with Gasteiger partial charge >= 0.3 is 0 Å². The molecule has 21 heavy (non-hydrogen) atoms. The predicted octanol–water partition coefficient (Wildman–Crippen LogP) is 4.29. The molecule has 1 aromatic heterocycles. The van der Waals surface area contributed by atoms with Crippen LogP contribution < -0.4 is 15.2 Å². The minimum absolute atomic E-state index is 0.308. The number of anilines is 1. The Morgan fingerprint density at radius 2 is 2.00 bits per heavy atom. The van der Waals surface area contributed by atoms with Crippen molar-refractivity contribution in [2.45, 2.75) is 33.6 Å². The average Bonchev–Trinajstić information content (AvgIpc) is 2.44. The first-order valence-corrected chi connectivity index (χ1v) is 7.18. The number of benzene rings is 1. The van der Waals surface area contributed by atoms with Crippen molar-refractivity contribution in [3.63, 3.8) is 0 Å². The van der Waals surface area contributed by atoms with E-state index in [9.17, 15) is 0 Å². The van der Waals surface area contributed by atoms with Crippen LogP contribution in [-0.4, -0.2) is 11.6 Å². The van der Waals surface area contributed by atoms with E-state index in [0.29, 0.717) is 24.2 Å². The molecule has 0 aliphatic carbocycles. The molecule has 4 heteroatoms. The van der Waals surface area contributed by atoms with E-state index in [1.807, 2.05) is 38.1 Å². The fourth-order valence-electron chi connectivity index (χ4n) is 2.08. The maximum absolute atomic E-state index is 6.00. The molecule has 0 radical (unpaired) electrons. The zero-order valence-corrected chi connectivity index (χ0v) is 13.0. The first-order valence-electron chi connectivity index (χ1n) is 7.18. The number of nitrogen functional groups attached to an aromatic ring is 1. The number of pyridine rings is 1. The number of aryl methyl sites for hydroxylation is 1. The predicted molar refractivity (Wildman–Crippen MR) is 85.2 cm³/mol. The summed E-state index contributed by atoms with van der Waals surface area (Å²) in [7, 11) is 0. The maximum Gasteiger partial charge on any atom is 0.262 e. The van der Waals surface area contributed by atoms with E-state index in [1.54, 1.807) is 6.20 Å². The van der Waals surface area contributed by atoms with Gasteiger partial charge in [0.25, 0.3) is 5.88 Å². The lowest BCUT2D eigenvalue weighted by molar-refractivity contribution is 0.315. The molecule has 0 unspecified atom stereocenters. The second-order valence-corrected chi connectivity index (χ2v) is 5.24. The van der Waals surface area contributed by atoms with Gasteiger partial charge in [-0.05, 0) is 55.2 Å². The molecule has 2 rings (SSSR count). The highest BCUT2D eigenvalue weighted by molar-refractivity contribution is 5.56. The maximum atomic E-state index is 6.00. The lowest BCUT2D eigenvalue weighted by atomic mass is 9.99. The van der Waals surface area contributed by atoms with Crippen LogP contribution in [0.15, 0.2) is 30.5 Å². The normalized spacial score (nSPS) is 10.7. The highest BCUT2D eigenvalue weighted by atomic mass is 16.5. The fourth-order valence-corrected chi connectivity index (χ4v) is 2.08. The number of nitrogens with zero attached hydrogens (tertiary/aromatic N) is 1. The van der Waals surface area contributed by atoms with Gasteiger partial charge in [-0.3, -0.25) is 0 Å². The smallest absolute Gasteiger partial charge is 0.262 e. The van der Waals surface area contributed by atoms with E-state index in [1.165, 1.54) is 0 Å². The van der Waals surface area contributed by atoms with Crippen LogP contribution in [0.3, 0.4) is 0 Å². The summed E-state index contributed by atoms with van der Waals surface area (Å²) >= 11 is 0. The molecular weight excluding hydrogens is 264 g/mol. The molecule has 0 aliphatic rings. The molecule has 0 amide bonds. The van der Waals surface area contributed by atoms with Crippen LogP contribution >= 0.6 is 0 Å². The topological polar surface area (TPSA) is 57.4 Å². The summed E-state index contributed by atoms with van der Waals surface area (Å²) in [5.41, 5.74) is 8.83. The number of rotatable bonds is 5. The lowest BCUT2D eigenvalue weighted by Gasteiger charge is -2.17. The summed E-state index contributed by atoms with van der Waals surface area (Å²) < 4.78 is 11.5. The van der Waals surface area contributed by atoms with E-state index in [2.05, 4.69) is 18.8 Å². The van der Waals surface area contributed by atoms with Gasteiger partial charge in [-0.2, -0.15) is 0 Å². The standard InChI is InChI=1S/C17H22N2O2/c1-5-20-15-7-6-8-19-17(15)21-16-9-12(4)14(18)10-13(16)11(2)3/h6-11H,5,18H2,1-4H3. The van der Waals surface area contributed by atoms with Crippen molar-refractivity contribution >= 4 is 5.69 Å². The molecule has 1 aromatic carbocycles. The van der Waals surface area contributed by atoms with Crippen LogP contribution in [0.5, 0.6) is 17.4 Å². The summed E-state index contributed by atoms with van der Waals surface area (Å²) in [5.74, 6) is 2.20. The van der Waals surface area contributed by atoms with Gasteiger partial charge in [-0.1, -0.05) is 13.8 Å². The van der Waals surface area contributed by atoms with Crippen molar-refractivity contribution in [3.05, 3.63) is 41.6 Å². The van der Waals surface area contributed by atoms with Crippen LogP contribution in [0.25, 0.3) is 0 Å². The first kappa shape index (κ1) is 15.2. The molecule has 0 bridgehead atoms. The van der Waals surface area contributed by atoms with Crippen molar-refractivity contribution in [3.8, 4) is 17.4 Å². The molecule has 2 aromatic rings. The molecule has 2 N–H and O–H groups in total. The van der Waals surface area contributed by atoms with Gasteiger partial charge in [0.15, 0.2) is 5.75 Å². The summed E-state index contributed by atoms with van der Waals surface area (Å²) in [6, 6.07) is 7.61. The van der Waals surface area contributed by atoms with Gasteiger partial charge in [-0.25, -0.2) is 4.98 Å². The number of ether oxygens (including phenoxy) is 2. The molecule has 1 heterocycles. The summed E-state index contributed by atoms with van der Waals surface area (Å²) in [4.78, 5) is 4.27. The van der Waals surface area contributed by atoms with E-state index in [4.69, 9.17) is 15.2 Å². The van der Waals surface area contributed by atoms with Crippen molar-refractivity contribution < 1.29 is 9.47 Å².